The minimum absolute atomic E-state index is 0.0189. The summed E-state index contributed by atoms with van der Waals surface area (Å²) in [5, 5.41) is 3.20. The van der Waals surface area contributed by atoms with Gasteiger partial charge in [0.2, 0.25) is 0 Å². The van der Waals surface area contributed by atoms with Crippen LogP contribution in [0.4, 0.5) is 0 Å². The monoisotopic (exact) mass is 403 g/mol. The summed E-state index contributed by atoms with van der Waals surface area (Å²) in [5.41, 5.74) is 6.85. The molecular weight excluding hydrogens is 374 g/mol. The molecule has 0 fully saturated rings. The molecule has 0 aliphatic rings. The summed E-state index contributed by atoms with van der Waals surface area (Å²) in [7, 11) is 0. The molecule has 3 aromatic carbocycles. The van der Waals surface area contributed by atoms with Crippen LogP contribution >= 0.6 is 11.8 Å². The van der Waals surface area contributed by atoms with Gasteiger partial charge in [0.05, 0.1) is 6.04 Å². The largest absolute Gasteiger partial charge is 0.345 e. The lowest BCUT2D eigenvalue weighted by molar-refractivity contribution is 0.0935. The van der Waals surface area contributed by atoms with E-state index in [2.05, 4.69) is 75.5 Å². The second kappa shape index (κ2) is 9.80. The highest BCUT2D eigenvalue weighted by Gasteiger charge is 2.16. The van der Waals surface area contributed by atoms with Gasteiger partial charge >= 0.3 is 0 Å². The molecule has 0 heterocycles. The van der Waals surface area contributed by atoms with Crippen LogP contribution in [-0.2, 0) is 5.75 Å². The maximum Gasteiger partial charge on any atom is 0.251 e. The number of aryl methyl sites for hydroxylation is 3. The van der Waals surface area contributed by atoms with Crippen molar-refractivity contribution in [1.82, 2.24) is 5.32 Å². The van der Waals surface area contributed by atoms with Crippen molar-refractivity contribution in [3.05, 3.63) is 100 Å². The molecule has 0 bridgehead atoms. The third-order valence-electron chi connectivity index (χ3n) is 5.16. The first kappa shape index (κ1) is 21.2. The van der Waals surface area contributed by atoms with Crippen molar-refractivity contribution in [2.24, 2.45) is 0 Å². The Morgan fingerprint density at radius 3 is 2.17 bits per heavy atom. The first-order valence-corrected chi connectivity index (χ1v) is 11.1. The van der Waals surface area contributed by atoms with Gasteiger partial charge in [0, 0.05) is 16.2 Å². The van der Waals surface area contributed by atoms with Crippen LogP contribution < -0.4 is 5.32 Å². The Hall–Kier alpha value is -2.52. The summed E-state index contributed by atoms with van der Waals surface area (Å²) in [4.78, 5) is 14.0. The lowest BCUT2D eigenvalue weighted by Crippen LogP contribution is -2.28. The SMILES string of the molecule is CC[C@H](NC(=O)c1ccc(CSc2ccc(C)cc2)cc1)c1ccc(C)cc1C. The first-order valence-electron chi connectivity index (χ1n) is 10.1. The van der Waals surface area contributed by atoms with Gasteiger partial charge in [-0.1, -0.05) is 60.5 Å². The minimum atomic E-state index is -0.0189. The fraction of sp³-hybridized carbons (Fsp3) is 0.269. The van der Waals surface area contributed by atoms with Crippen LogP contribution in [0.15, 0.2) is 71.6 Å². The summed E-state index contributed by atoms with van der Waals surface area (Å²) in [6.07, 6.45) is 0.862. The Labute approximate surface area is 178 Å². The van der Waals surface area contributed by atoms with Crippen LogP contribution in [0.25, 0.3) is 0 Å². The van der Waals surface area contributed by atoms with Crippen LogP contribution in [0.2, 0.25) is 0 Å². The van der Waals surface area contributed by atoms with Gasteiger partial charge in [-0.2, -0.15) is 0 Å². The van der Waals surface area contributed by atoms with Crippen LogP contribution in [0.5, 0.6) is 0 Å². The Kier molecular flexibility index (Phi) is 7.16. The maximum absolute atomic E-state index is 12.8. The van der Waals surface area contributed by atoms with Crippen LogP contribution in [-0.4, -0.2) is 5.91 Å². The summed E-state index contributed by atoms with van der Waals surface area (Å²) in [6, 6.07) is 23.0. The molecule has 1 atom stereocenters. The molecule has 1 amide bonds. The van der Waals surface area contributed by atoms with Crippen molar-refractivity contribution < 1.29 is 4.79 Å². The lowest BCUT2D eigenvalue weighted by Gasteiger charge is -2.20. The van der Waals surface area contributed by atoms with Crippen LogP contribution in [0, 0.1) is 20.8 Å². The van der Waals surface area contributed by atoms with Gasteiger partial charge in [0.25, 0.3) is 5.91 Å². The fourth-order valence-electron chi connectivity index (χ4n) is 3.41. The van der Waals surface area contributed by atoms with Gasteiger partial charge in [0.15, 0.2) is 0 Å². The maximum atomic E-state index is 12.8. The first-order chi connectivity index (χ1) is 14.0. The smallest absolute Gasteiger partial charge is 0.251 e. The predicted octanol–water partition coefficient (Wildman–Crippen LogP) is 6.79. The minimum Gasteiger partial charge on any atom is -0.345 e. The van der Waals surface area contributed by atoms with Crippen molar-refractivity contribution in [3.63, 3.8) is 0 Å². The molecule has 0 aliphatic heterocycles. The number of carbonyl (C=O) groups excluding carboxylic acids is 1. The van der Waals surface area contributed by atoms with Crippen molar-refractivity contribution in [2.75, 3.05) is 0 Å². The summed E-state index contributed by atoms with van der Waals surface area (Å²) < 4.78 is 0. The van der Waals surface area contributed by atoms with E-state index in [9.17, 15) is 4.79 Å². The van der Waals surface area contributed by atoms with Gasteiger partial charge in [-0.3, -0.25) is 4.79 Å². The van der Waals surface area contributed by atoms with E-state index in [4.69, 9.17) is 0 Å². The molecule has 150 valence electrons. The number of thioether (sulfide) groups is 1. The Morgan fingerprint density at radius 1 is 0.897 bits per heavy atom. The molecule has 0 saturated carbocycles. The Balaban J connectivity index is 1.62. The number of hydrogen-bond acceptors (Lipinski definition) is 2. The van der Waals surface area contributed by atoms with Gasteiger partial charge in [-0.05, 0) is 68.1 Å². The standard InChI is InChI=1S/C26H29NOS/c1-5-25(24-15-8-19(3)16-20(24)4)27-26(28)22-11-9-21(10-12-22)17-29-23-13-6-18(2)7-14-23/h6-16,25H,5,17H2,1-4H3,(H,27,28)/t25-/m0/s1. The second-order valence-electron chi connectivity index (χ2n) is 7.59. The van der Waals surface area contributed by atoms with E-state index in [1.165, 1.54) is 32.7 Å². The Morgan fingerprint density at radius 2 is 1.55 bits per heavy atom. The Bertz CT molecular complexity index is 961. The molecule has 3 rings (SSSR count). The lowest BCUT2D eigenvalue weighted by atomic mass is 9.97. The van der Waals surface area contributed by atoms with E-state index in [0.29, 0.717) is 5.56 Å². The average molecular weight is 404 g/mol. The zero-order chi connectivity index (χ0) is 20.8. The normalized spacial score (nSPS) is 11.9. The number of benzene rings is 3. The molecule has 3 heteroatoms. The molecule has 0 radical (unpaired) electrons. The van der Waals surface area contributed by atoms with Crippen molar-refractivity contribution in [2.45, 2.75) is 50.8 Å². The summed E-state index contributed by atoms with van der Waals surface area (Å²) in [5.74, 6) is 0.875. The van der Waals surface area contributed by atoms with Gasteiger partial charge in [0.1, 0.15) is 0 Å². The average Bonchev–Trinajstić information content (AvgIpc) is 2.72. The molecule has 0 unspecified atom stereocenters. The van der Waals surface area contributed by atoms with E-state index in [-0.39, 0.29) is 11.9 Å². The highest BCUT2D eigenvalue weighted by atomic mass is 32.2. The highest BCUT2D eigenvalue weighted by Crippen LogP contribution is 2.24. The number of amides is 1. The summed E-state index contributed by atoms with van der Waals surface area (Å²) >= 11 is 1.81. The third-order valence-corrected chi connectivity index (χ3v) is 6.24. The van der Waals surface area contributed by atoms with Crippen molar-refractivity contribution >= 4 is 17.7 Å². The van der Waals surface area contributed by atoms with Crippen molar-refractivity contribution in [3.8, 4) is 0 Å². The van der Waals surface area contributed by atoms with Gasteiger partial charge in [-0.25, -0.2) is 0 Å². The number of nitrogens with one attached hydrogen (secondary N) is 1. The highest BCUT2D eigenvalue weighted by molar-refractivity contribution is 7.98. The molecule has 0 aromatic heterocycles. The van der Waals surface area contributed by atoms with E-state index in [1.54, 1.807) is 0 Å². The zero-order valence-corrected chi connectivity index (χ0v) is 18.5. The van der Waals surface area contributed by atoms with Crippen molar-refractivity contribution in [1.29, 1.82) is 0 Å². The van der Waals surface area contributed by atoms with E-state index < -0.39 is 0 Å². The van der Waals surface area contributed by atoms with Crippen LogP contribution in [0.3, 0.4) is 0 Å². The molecule has 1 N–H and O–H groups in total. The molecule has 29 heavy (non-hydrogen) atoms. The predicted molar refractivity (Wildman–Crippen MR) is 124 cm³/mol. The van der Waals surface area contributed by atoms with E-state index in [0.717, 1.165) is 12.2 Å². The number of rotatable bonds is 7. The quantitative estimate of drug-likeness (QED) is 0.440. The topological polar surface area (TPSA) is 29.1 Å². The third kappa shape index (κ3) is 5.74. The zero-order valence-electron chi connectivity index (χ0n) is 17.7. The van der Waals surface area contributed by atoms with E-state index in [1.807, 2.05) is 36.0 Å². The molecule has 0 saturated heterocycles. The molecule has 0 aliphatic carbocycles. The number of hydrogen-bond donors (Lipinski definition) is 1. The second-order valence-corrected chi connectivity index (χ2v) is 8.64. The van der Waals surface area contributed by atoms with E-state index >= 15 is 0 Å². The van der Waals surface area contributed by atoms with Crippen LogP contribution in [0.1, 0.15) is 57.6 Å². The molecule has 0 spiro atoms. The molecule has 2 nitrogen and oxygen atoms in total. The molecule has 3 aromatic rings. The number of carbonyl (C=O) groups is 1. The molecular formula is C26H29NOS. The van der Waals surface area contributed by atoms with Gasteiger partial charge < -0.3 is 5.32 Å². The van der Waals surface area contributed by atoms with Gasteiger partial charge in [-0.15, -0.1) is 11.8 Å². The fourth-order valence-corrected chi connectivity index (χ4v) is 4.27. The summed E-state index contributed by atoms with van der Waals surface area (Å²) in [6.45, 7) is 8.41.